The zero-order valence-corrected chi connectivity index (χ0v) is 18.9. The van der Waals surface area contributed by atoms with Crippen molar-refractivity contribution >= 4 is 23.6 Å². The van der Waals surface area contributed by atoms with Crippen molar-refractivity contribution in [1.82, 2.24) is 10.2 Å². The van der Waals surface area contributed by atoms with E-state index in [1.165, 1.54) is 0 Å². The van der Waals surface area contributed by atoms with Gasteiger partial charge in [-0.3, -0.25) is 9.69 Å². The zero-order chi connectivity index (χ0) is 22.5. The number of benzene rings is 1. The van der Waals surface area contributed by atoms with Gasteiger partial charge in [0.1, 0.15) is 0 Å². The molecule has 3 amide bonds. The maximum atomic E-state index is 13.0. The third kappa shape index (κ3) is 5.27. The first-order valence-electron chi connectivity index (χ1n) is 11.2. The smallest absolute Gasteiger partial charge is 0.338 e. The Labute approximate surface area is 184 Å². The van der Waals surface area contributed by atoms with E-state index in [0.717, 1.165) is 31.2 Å². The van der Waals surface area contributed by atoms with Gasteiger partial charge in [-0.25, -0.2) is 9.59 Å². The van der Waals surface area contributed by atoms with Crippen LogP contribution in [0.4, 0.5) is 10.5 Å². The number of esters is 1. The lowest BCUT2D eigenvalue weighted by Crippen LogP contribution is -2.48. The summed E-state index contributed by atoms with van der Waals surface area (Å²) in [5.74, 6) is -0.0462. The summed E-state index contributed by atoms with van der Waals surface area (Å²) in [6.07, 6.45) is 3.77. The van der Waals surface area contributed by atoms with Crippen LogP contribution in [0.3, 0.4) is 0 Å². The highest BCUT2D eigenvalue weighted by atomic mass is 16.5. The fraction of sp³-hybridized carbons (Fsp3) is 0.542. The SMILES string of the molecule is CCCN1C(=O)N[C@H](c2ccc(NC(=O)C3CCC3)cc2)C(C(=O)OCC(C)C)=C1C. The van der Waals surface area contributed by atoms with Crippen LogP contribution in [0.1, 0.15) is 65.0 Å². The highest BCUT2D eigenvalue weighted by Crippen LogP contribution is 2.32. The molecule has 0 radical (unpaired) electrons. The number of amides is 3. The van der Waals surface area contributed by atoms with Gasteiger partial charge in [-0.2, -0.15) is 0 Å². The first-order chi connectivity index (χ1) is 14.8. The van der Waals surface area contributed by atoms with Crippen LogP contribution < -0.4 is 10.6 Å². The van der Waals surface area contributed by atoms with Gasteiger partial charge in [-0.15, -0.1) is 0 Å². The summed E-state index contributed by atoms with van der Waals surface area (Å²) in [6.45, 7) is 8.58. The van der Waals surface area contributed by atoms with Gasteiger partial charge in [-0.1, -0.05) is 39.3 Å². The van der Waals surface area contributed by atoms with E-state index in [4.69, 9.17) is 4.74 Å². The molecule has 0 unspecified atom stereocenters. The first-order valence-corrected chi connectivity index (χ1v) is 11.2. The van der Waals surface area contributed by atoms with E-state index in [9.17, 15) is 14.4 Å². The quantitative estimate of drug-likeness (QED) is 0.603. The lowest BCUT2D eigenvalue weighted by molar-refractivity contribution is -0.140. The molecule has 1 aliphatic carbocycles. The van der Waals surface area contributed by atoms with Crippen LogP contribution in [0.2, 0.25) is 0 Å². The minimum absolute atomic E-state index is 0.0499. The largest absolute Gasteiger partial charge is 0.462 e. The molecule has 3 rings (SSSR count). The summed E-state index contributed by atoms with van der Waals surface area (Å²) >= 11 is 0. The third-order valence-corrected chi connectivity index (χ3v) is 5.80. The molecule has 1 atom stereocenters. The Kier molecular flexibility index (Phi) is 7.36. The summed E-state index contributed by atoms with van der Waals surface area (Å²) in [5, 5.41) is 5.90. The van der Waals surface area contributed by atoms with Crippen LogP contribution in [-0.2, 0) is 14.3 Å². The molecular formula is C24H33N3O4. The van der Waals surface area contributed by atoms with E-state index in [1.54, 1.807) is 11.8 Å². The Morgan fingerprint density at radius 2 is 1.90 bits per heavy atom. The van der Waals surface area contributed by atoms with Crippen LogP contribution in [0, 0.1) is 11.8 Å². The maximum absolute atomic E-state index is 13.0. The Morgan fingerprint density at radius 1 is 1.23 bits per heavy atom. The molecule has 1 saturated carbocycles. The number of carbonyl (C=O) groups is 3. The molecule has 0 saturated heterocycles. The second kappa shape index (κ2) is 9.98. The fourth-order valence-electron chi connectivity index (χ4n) is 3.78. The first kappa shape index (κ1) is 22.8. The molecule has 7 nitrogen and oxygen atoms in total. The summed E-state index contributed by atoms with van der Waals surface area (Å²) in [5.41, 5.74) is 2.54. The van der Waals surface area contributed by atoms with Crippen molar-refractivity contribution in [3.63, 3.8) is 0 Å². The van der Waals surface area contributed by atoms with E-state index in [1.807, 2.05) is 45.0 Å². The molecule has 0 aromatic heterocycles. The van der Waals surface area contributed by atoms with Crippen molar-refractivity contribution in [2.45, 2.75) is 59.4 Å². The number of nitrogens with one attached hydrogen (secondary N) is 2. The zero-order valence-electron chi connectivity index (χ0n) is 18.9. The number of urea groups is 1. The average Bonchev–Trinajstić information content (AvgIpc) is 2.68. The Bertz CT molecular complexity index is 856. The third-order valence-electron chi connectivity index (χ3n) is 5.80. The van der Waals surface area contributed by atoms with Crippen molar-refractivity contribution in [3.05, 3.63) is 41.1 Å². The number of hydrogen-bond donors (Lipinski definition) is 2. The van der Waals surface area contributed by atoms with Gasteiger partial charge in [0.15, 0.2) is 0 Å². The van der Waals surface area contributed by atoms with Gasteiger partial charge >= 0.3 is 12.0 Å². The number of anilines is 1. The number of ether oxygens (including phenoxy) is 1. The predicted octanol–water partition coefficient (Wildman–Crippen LogP) is 4.37. The average molecular weight is 428 g/mol. The van der Waals surface area contributed by atoms with Crippen molar-refractivity contribution in [1.29, 1.82) is 0 Å². The van der Waals surface area contributed by atoms with Crippen molar-refractivity contribution in [3.8, 4) is 0 Å². The number of allylic oxidation sites excluding steroid dienone is 1. The van der Waals surface area contributed by atoms with Crippen molar-refractivity contribution in [2.75, 3.05) is 18.5 Å². The molecule has 7 heteroatoms. The van der Waals surface area contributed by atoms with Crippen molar-refractivity contribution in [2.24, 2.45) is 11.8 Å². The second-order valence-corrected chi connectivity index (χ2v) is 8.76. The number of nitrogens with zero attached hydrogens (tertiary/aromatic N) is 1. The molecule has 0 bridgehead atoms. The van der Waals surface area contributed by atoms with E-state index in [-0.39, 0.29) is 23.8 Å². The van der Waals surface area contributed by atoms with Crippen molar-refractivity contribution < 1.29 is 19.1 Å². The van der Waals surface area contributed by atoms with Crippen LogP contribution in [0.15, 0.2) is 35.5 Å². The normalized spacial score (nSPS) is 19.2. The van der Waals surface area contributed by atoms with Gasteiger partial charge in [0.25, 0.3) is 0 Å². The minimum atomic E-state index is -0.600. The Hall–Kier alpha value is -2.83. The molecule has 2 aliphatic rings. The topological polar surface area (TPSA) is 87.7 Å². The second-order valence-electron chi connectivity index (χ2n) is 8.76. The predicted molar refractivity (Wildman–Crippen MR) is 119 cm³/mol. The number of carbonyl (C=O) groups excluding carboxylic acids is 3. The molecule has 1 aromatic carbocycles. The molecule has 1 aliphatic heterocycles. The molecule has 1 fully saturated rings. The summed E-state index contributed by atoms with van der Waals surface area (Å²) < 4.78 is 5.52. The molecule has 31 heavy (non-hydrogen) atoms. The van der Waals surface area contributed by atoms with E-state index >= 15 is 0 Å². The lowest BCUT2D eigenvalue weighted by Gasteiger charge is -2.35. The molecule has 168 valence electrons. The Balaban J connectivity index is 1.84. The van der Waals surface area contributed by atoms with E-state index in [0.29, 0.717) is 30.1 Å². The monoisotopic (exact) mass is 427 g/mol. The fourth-order valence-corrected chi connectivity index (χ4v) is 3.78. The maximum Gasteiger partial charge on any atom is 0.338 e. The molecule has 2 N–H and O–H groups in total. The summed E-state index contributed by atoms with van der Waals surface area (Å²) in [7, 11) is 0. The molecular weight excluding hydrogens is 394 g/mol. The van der Waals surface area contributed by atoms with Gasteiger partial charge in [0.2, 0.25) is 5.91 Å². The summed E-state index contributed by atoms with van der Waals surface area (Å²) in [4.78, 5) is 39.5. The Morgan fingerprint density at radius 3 is 2.45 bits per heavy atom. The van der Waals surface area contributed by atoms with E-state index in [2.05, 4.69) is 10.6 Å². The minimum Gasteiger partial charge on any atom is -0.462 e. The van der Waals surface area contributed by atoms with Crippen LogP contribution in [0.25, 0.3) is 0 Å². The van der Waals surface area contributed by atoms with Crippen LogP contribution in [-0.4, -0.2) is 36.0 Å². The molecule has 0 spiro atoms. The van der Waals surface area contributed by atoms with Crippen LogP contribution in [0.5, 0.6) is 0 Å². The molecule has 1 heterocycles. The lowest BCUT2D eigenvalue weighted by atomic mass is 9.85. The van der Waals surface area contributed by atoms with Gasteiger partial charge < -0.3 is 15.4 Å². The van der Waals surface area contributed by atoms with Gasteiger partial charge in [0, 0.05) is 23.8 Å². The van der Waals surface area contributed by atoms with Gasteiger partial charge in [-0.05, 0) is 49.8 Å². The van der Waals surface area contributed by atoms with Crippen LogP contribution >= 0.6 is 0 Å². The highest BCUT2D eigenvalue weighted by Gasteiger charge is 2.36. The number of rotatable bonds is 8. The number of hydrogen-bond acceptors (Lipinski definition) is 4. The van der Waals surface area contributed by atoms with Gasteiger partial charge in [0.05, 0.1) is 18.2 Å². The standard InChI is InChI=1S/C24H33N3O4/c1-5-13-27-16(4)20(23(29)31-14-15(2)3)21(26-24(27)30)17-9-11-19(12-10-17)25-22(28)18-7-6-8-18/h9-12,15,18,21H,5-8,13-14H2,1-4H3,(H,25,28)(H,26,30)/t21-/m1/s1. The van der Waals surface area contributed by atoms with E-state index < -0.39 is 12.0 Å². The molecule has 1 aromatic rings. The highest BCUT2D eigenvalue weighted by molar-refractivity contribution is 5.95. The summed E-state index contributed by atoms with van der Waals surface area (Å²) in [6, 6.07) is 6.45.